The third-order valence-corrected chi connectivity index (χ3v) is 4.39. The Morgan fingerprint density at radius 1 is 1.05 bits per heavy atom. The predicted octanol–water partition coefficient (Wildman–Crippen LogP) is 2.68. The zero-order chi connectivity index (χ0) is 14.8. The van der Waals surface area contributed by atoms with Crippen molar-refractivity contribution in [3.63, 3.8) is 0 Å². The van der Waals surface area contributed by atoms with Crippen molar-refractivity contribution >= 4 is 0 Å². The van der Waals surface area contributed by atoms with Gasteiger partial charge in [0, 0.05) is 38.0 Å². The summed E-state index contributed by atoms with van der Waals surface area (Å²) in [6, 6.07) is 9.99. The van der Waals surface area contributed by atoms with E-state index < -0.39 is 0 Å². The maximum Gasteiger partial charge on any atom is 0.226 e. The highest BCUT2D eigenvalue weighted by molar-refractivity contribution is 5.52. The highest BCUT2D eigenvalue weighted by Gasteiger charge is 2.39. The Bertz CT molecular complexity index is 610. The molecule has 2 aliphatic rings. The number of hydrogen-bond donors (Lipinski definition) is 0. The fraction of sp³-hybridized carbons (Fsp3) is 0.471. The van der Waals surface area contributed by atoms with Crippen LogP contribution >= 0.6 is 0 Å². The first-order chi connectivity index (χ1) is 10.8. The largest absolute Gasteiger partial charge is 0.444 e. The van der Waals surface area contributed by atoms with Crippen molar-refractivity contribution < 1.29 is 13.9 Å². The monoisotopic (exact) mass is 300 g/mol. The molecule has 0 N–H and O–H groups in total. The maximum atomic E-state index is 5.76. The SMILES string of the molecule is c1ccc(-c2nc(CN3CCC4(CC3)OCCO4)co2)cc1. The van der Waals surface area contributed by atoms with Gasteiger partial charge >= 0.3 is 0 Å². The number of rotatable bonds is 3. The van der Waals surface area contributed by atoms with Crippen molar-refractivity contribution in [2.75, 3.05) is 26.3 Å². The molecule has 0 radical (unpaired) electrons. The standard InChI is InChI=1S/C17H20N2O3/c1-2-4-14(5-3-1)16-18-15(13-20-16)12-19-8-6-17(7-9-19)21-10-11-22-17/h1-5,13H,6-12H2. The molecule has 2 fully saturated rings. The average Bonchev–Trinajstić information content (AvgIpc) is 3.21. The van der Waals surface area contributed by atoms with Gasteiger partial charge < -0.3 is 13.9 Å². The summed E-state index contributed by atoms with van der Waals surface area (Å²) in [6.07, 6.45) is 3.61. The molecule has 5 heteroatoms. The minimum atomic E-state index is -0.310. The van der Waals surface area contributed by atoms with Crippen molar-refractivity contribution in [2.24, 2.45) is 0 Å². The second-order valence-corrected chi connectivity index (χ2v) is 5.89. The number of aromatic nitrogens is 1. The van der Waals surface area contributed by atoms with E-state index >= 15 is 0 Å². The lowest BCUT2D eigenvalue weighted by Crippen LogP contribution is -2.44. The molecular weight excluding hydrogens is 280 g/mol. The second kappa shape index (κ2) is 5.83. The number of benzene rings is 1. The quantitative estimate of drug-likeness (QED) is 0.872. The molecule has 0 bridgehead atoms. The van der Waals surface area contributed by atoms with Gasteiger partial charge in [-0.3, -0.25) is 4.90 Å². The van der Waals surface area contributed by atoms with Gasteiger partial charge in [-0.15, -0.1) is 0 Å². The average molecular weight is 300 g/mol. The van der Waals surface area contributed by atoms with Crippen molar-refractivity contribution in [1.29, 1.82) is 0 Å². The number of likely N-dealkylation sites (tertiary alicyclic amines) is 1. The molecule has 2 saturated heterocycles. The lowest BCUT2D eigenvalue weighted by atomic mass is 10.0. The Hall–Kier alpha value is -1.69. The van der Waals surface area contributed by atoms with Gasteiger partial charge in [-0.1, -0.05) is 18.2 Å². The van der Waals surface area contributed by atoms with E-state index in [0.717, 1.165) is 56.9 Å². The van der Waals surface area contributed by atoms with Gasteiger partial charge in [-0.2, -0.15) is 0 Å². The summed E-state index contributed by atoms with van der Waals surface area (Å²) < 4.78 is 17.1. The molecule has 116 valence electrons. The zero-order valence-corrected chi connectivity index (χ0v) is 12.5. The molecule has 1 aromatic heterocycles. The fourth-order valence-corrected chi connectivity index (χ4v) is 3.16. The molecule has 2 aliphatic heterocycles. The summed E-state index contributed by atoms with van der Waals surface area (Å²) in [5, 5.41) is 0. The molecule has 2 aromatic rings. The van der Waals surface area contributed by atoms with E-state index in [1.807, 2.05) is 30.3 Å². The van der Waals surface area contributed by atoms with Crippen LogP contribution in [0, 0.1) is 0 Å². The third kappa shape index (κ3) is 2.79. The van der Waals surface area contributed by atoms with E-state index in [9.17, 15) is 0 Å². The molecule has 0 unspecified atom stereocenters. The maximum absolute atomic E-state index is 5.76. The number of piperidine rings is 1. The first kappa shape index (κ1) is 13.9. The van der Waals surface area contributed by atoms with E-state index in [2.05, 4.69) is 9.88 Å². The van der Waals surface area contributed by atoms with Crippen LogP contribution in [0.3, 0.4) is 0 Å². The summed E-state index contributed by atoms with van der Waals surface area (Å²) in [6.45, 7) is 4.20. The summed E-state index contributed by atoms with van der Waals surface area (Å²) in [5.41, 5.74) is 1.99. The molecule has 0 aliphatic carbocycles. The van der Waals surface area contributed by atoms with Crippen LogP contribution in [0.15, 0.2) is 41.0 Å². The molecule has 0 amide bonds. The predicted molar refractivity (Wildman–Crippen MR) is 81.1 cm³/mol. The normalized spacial score (nSPS) is 21.5. The lowest BCUT2D eigenvalue weighted by Gasteiger charge is -2.37. The summed E-state index contributed by atoms with van der Waals surface area (Å²) in [4.78, 5) is 6.97. The number of oxazole rings is 1. The Kier molecular flexibility index (Phi) is 3.70. The summed E-state index contributed by atoms with van der Waals surface area (Å²) >= 11 is 0. The van der Waals surface area contributed by atoms with Gasteiger partial charge in [0.15, 0.2) is 5.79 Å². The van der Waals surface area contributed by atoms with Crippen LogP contribution in [0.2, 0.25) is 0 Å². The highest BCUT2D eigenvalue weighted by atomic mass is 16.7. The van der Waals surface area contributed by atoms with Crippen LogP contribution in [0.25, 0.3) is 11.5 Å². The first-order valence-corrected chi connectivity index (χ1v) is 7.83. The van der Waals surface area contributed by atoms with Crippen molar-refractivity contribution in [1.82, 2.24) is 9.88 Å². The van der Waals surface area contributed by atoms with Gasteiger partial charge in [-0.25, -0.2) is 4.98 Å². The lowest BCUT2D eigenvalue weighted by molar-refractivity contribution is -0.185. The van der Waals surface area contributed by atoms with Gasteiger partial charge in [0.1, 0.15) is 6.26 Å². The van der Waals surface area contributed by atoms with Crippen molar-refractivity contribution in [3.8, 4) is 11.5 Å². The molecule has 22 heavy (non-hydrogen) atoms. The minimum Gasteiger partial charge on any atom is -0.444 e. The van der Waals surface area contributed by atoms with E-state index in [-0.39, 0.29) is 5.79 Å². The smallest absolute Gasteiger partial charge is 0.226 e. The van der Waals surface area contributed by atoms with Crippen molar-refractivity contribution in [3.05, 3.63) is 42.3 Å². The summed E-state index contributed by atoms with van der Waals surface area (Å²) in [7, 11) is 0. The number of hydrogen-bond acceptors (Lipinski definition) is 5. The topological polar surface area (TPSA) is 47.7 Å². The molecule has 0 saturated carbocycles. The molecule has 3 heterocycles. The molecular formula is C17H20N2O3. The van der Waals surface area contributed by atoms with Crippen LogP contribution in [0.5, 0.6) is 0 Å². The van der Waals surface area contributed by atoms with Gasteiger partial charge in [0.25, 0.3) is 0 Å². The van der Waals surface area contributed by atoms with Crippen LogP contribution in [0.1, 0.15) is 18.5 Å². The van der Waals surface area contributed by atoms with Crippen LogP contribution < -0.4 is 0 Å². The number of nitrogens with zero attached hydrogens (tertiary/aromatic N) is 2. The Labute approximate surface area is 129 Å². The molecule has 4 rings (SSSR count). The van der Waals surface area contributed by atoms with Gasteiger partial charge in [-0.05, 0) is 12.1 Å². The van der Waals surface area contributed by atoms with Gasteiger partial charge in [0.05, 0.1) is 18.9 Å². The molecule has 5 nitrogen and oxygen atoms in total. The number of ether oxygens (including phenoxy) is 2. The highest BCUT2D eigenvalue weighted by Crippen LogP contribution is 2.31. The first-order valence-electron chi connectivity index (χ1n) is 7.83. The Balaban J connectivity index is 1.37. The molecule has 0 atom stereocenters. The zero-order valence-electron chi connectivity index (χ0n) is 12.5. The molecule has 1 aromatic carbocycles. The van der Waals surface area contributed by atoms with E-state index in [0.29, 0.717) is 5.89 Å². The van der Waals surface area contributed by atoms with E-state index in [1.54, 1.807) is 6.26 Å². The Morgan fingerprint density at radius 3 is 2.50 bits per heavy atom. The third-order valence-electron chi connectivity index (χ3n) is 4.39. The van der Waals surface area contributed by atoms with Crippen LogP contribution in [0.4, 0.5) is 0 Å². The second-order valence-electron chi connectivity index (χ2n) is 5.89. The van der Waals surface area contributed by atoms with Gasteiger partial charge in [0.2, 0.25) is 5.89 Å². The van der Waals surface area contributed by atoms with E-state index in [4.69, 9.17) is 13.9 Å². The van der Waals surface area contributed by atoms with Crippen molar-refractivity contribution in [2.45, 2.75) is 25.2 Å². The van der Waals surface area contributed by atoms with E-state index in [1.165, 1.54) is 0 Å². The van der Waals surface area contributed by atoms with Crippen LogP contribution in [-0.2, 0) is 16.0 Å². The summed E-state index contributed by atoms with van der Waals surface area (Å²) in [5.74, 6) is 0.377. The van der Waals surface area contributed by atoms with Crippen LogP contribution in [-0.4, -0.2) is 42.0 Å². The fourth-order valence-electron chi connectivity index (χ4n) is 3.16. The Morgan fingerprint density at radius 2 is 1.77 bits per heavy atom. The molecule has 1 spiro atoms. The minimum absolute atomic E-state index is 0.310.